The van der Waals surface area contributed by atoms with Gasteiger partial charge in [0.15, 0.2) is 16.3 Å². The molecule has 0 bridgehead atoms. The van der Waals surface area contributed by atoms with Crippen molar-refractivity contribution < 1.29 is 19.0 Å². The Labute approximate surface area is 275 Å². The van der Waals surface area contributed by atoms with Crippen LogP contribution in [-0.2, 0) is 9.53 Å². The average molecular weight is 647 g/mol. The van der Waals surface area contributed by atoms with Crippen LogP contribution in [0.25, 0.3) is 17.5 Å². The number of carbonyl (C=O) groups excluding carboxylic acids is 1. The molecule has 0 amide bonds. The molecule has 0 unspecified atom stereocenters. The van der Waals surface area contributed by atoms with E-state index in [9.17, 15) is 9.59 Å². The number of anilines is 1. The Morgan fingerprint density at radius 1 is 1.02 bits per heavy atom. The summed E-state index contributed by atoms with van der Waals surface area (Å²) in [5, 5.41) is 0. The molecule has 0 N–H and O–H groups in total. The SMILES string of the molecule is CCOC(=O)C1=C(c2ccccc2)N=c2s/c(=C/c3cc(C)n(-c4ccc(N(C)C)cc4)c3C)c(=O)n2[C@@H]1c1ccc2c(c1)OCO2. The van der Waals surface area contributed by atoms with Gasteiger partial charge in [-0.25, -0.2) is 9.79 Å². The predicted molar refractivity (Wildman–Crippen MR) is 183 cm³/mol. The molecule has 0 spiro atoms. The smallest absolute Gasteiger partial charge is 0.338 e. The Bertz CT molecular complexity index is 2230. The quantitative estimate of drug-likeness (QED) is 0.228. The van der Waals surface area contributed by atoms with E-state index in [0.29, 0.717) is 32.1 Å². The maximum Gasteiger partial charge on any atom is 0.338 e. The molecule has 2 aromatic heterocycles. The van der Waals surface area contributed by atoms with E-state index >= 15 is 0 Å². The summed E-state index contributed by atoms with van der Waals surface area (Å²) in [4.78, 5) is 35.7. The highest BCUT2D eigenvalue weighted by Crippen LogP contribution is 2.40. The van der Waals surface area contributed by atoms with Gasteiger partial charge in [-0.1, -0.05) is 47.7 Å². The molecule has 1 atom stereocenters. The molecular formula is C37H34N4O5S. The third-order valence-corrected chi connectivity index (χ3v) is 9.45. The van der Waals surface area contributed by atoms with Crippen molar-refractivity contribution in [3.05, 3.63) is 132 Å². The lowest BCUT2D eigenvalue weighted by molar-refractivity contribution is -0.138. The van der Waals surface area contributed by atoms with Gasteiger partial charge < -0.3 is 23.7 Å². The van der Waals surface area contributed by atoms with Crippen LogP contribution < -0.4 is 29.3 Å². The van der Waals surface area contributed by atoms with E-state index in [1.807, 2.05) is 62.6 Å². The van der Waals surface area contributed by atoms with Crippen molar-refractivity contribution in [2.24, 2.45) is 4.99 Å². The number of hydrogen-bond acceptors (Lipinski definition) is 8. The minimum Gasteiger partial charge on any atom is -0.463 e. The van der Waals surface area contributed by atoms with E-state index in [1.165, 1.54) is 11.3 Å². The van der Waals surface area contributed by atoms with Crippen molar-refractivity contribution in [2.45, 2.75) is 26.8 Å². The molecular weight excluding hydrogens is 612 g/mol. The summed E-state index contributed by atoms with van der Waals surface area (Å²) in [6, 6.07) is 24.7. The highest BCUT2D eigenvalue weighted by molar-refractivity contribution is 7.07. The molecule has 0 radical (unpaired) electrons. The van der Waals surface area contributed by atoms with E-state index in [2.05, 4.69) is 53.6 Å². The van der Waals surface area contributed by atoms with Gasteiger partial charge >= 0.3 is 5.97 Å². The minimum absolute atomic E-state index is 0.107. The summed E-state index contributed by atoms with van der Waals surface area (Å²) in [6.45, 7) is 6.16. The van der Waals surface area contributed by atoms with Crippen molar-refractivity contribution in [3.8, 4) is 17.2 Å². The average Bonchev–Trinajstić information content (AvgIpc) is 3.75. The van der Waals surface area contributed by atoms with E-state index in [0.717, 1.165) is 33.9 Å². The second-order valence-corrected chi connectivity index (χ2v) is 12.6. The van der Waals surface area contributed by atoms with Gasteiger partial charge in [0.1, 0.15) is 0 Å². The number of aromatic nitrogens is 2. The normalized spacial score (nSPS) is 15.4. The van der Waals surface area contributed by atoms with Crippen LogP contribution in [0, 0.1) is 13.8 Å². The number of hydrogen-bond donors (Lipinski definition) is 0. The van der Waals surface area contributed by atoms with Gasteiger partial charge in [0.2, 0.25) is 6.79 Å². The van der Waals surface area contributed by atoms with Gasteiger partial charge in [0, 0.05) is 42.4 Å². The van der Waals surface area contributed by atoms with Crippen LogP contribution in [0.2, 0.25) is 0 Å². The molecule has 2 aliphatic rings. The highest BCUT2D eigenvalue weighted by atomic mass is 32.1. The zero-order chi connectivity index (χ0) is 32.8. The number of nitrogens with zero attached hydrogens (tertiary/aromatic N) is 4. The van der Waals surface area contributed by atoms with Crippen LogP contribution in [0.1, 0.15) is 41.0 Å². The van der Waals surface area contributed by atoms with Crippen LogP contribution in [0.4, 0.5) is 5.69 Å². The molecule has 9 nitrogen and oxygen atoms in total. The van der Waals surface area contributed by atoms with Crippen LogP contribution in [0.3, 0.4) is 0 Å². The van der Waals surface area contributed by atoms with Crippen molar-refractivity contribution in [3.63, 3.8) is 0 Å². The van der Waals surface area contributed by atoms with E-state index in [4.69, 9.17) is 19.2 Å². The molecule has 4 heterocycles. The van der Waals surface area contributed by atoms with Crippen molar-refractivity contribution >= 4 is 34.8 Å². The van der Waals surface area contributed by atoms with Gasteiger partial charge in [0.25, 0.3) is 5.56 Å². The number of esters is 1. The molecule has 47 heavy (non-hydrogen) atoms. The first-order valence-corrected chi connectivity index (χ1v) is 16.2. The Balaban J connectivity index is 1.43. The summed E-state index contributed by atoms with van der Waals surface area (Å²) in [5.41, 5.74) is 7.10. The highest BCUT2D eigenvalue weighted by Gasteiger charge is 2.36. The number of carbonyl (C=O) groups is 1. The summed E-state index contributed by atoms with van der Waals surface area (Å²) in [6.07, 6.45) is 1.92. The number of thiazole rings is 1. The fourth-order valence-electron chi connectivity index (χ4n) is 6.21. The summed E-state index contributed by atoms with van der Waals surface area (Å²) >= 11 is 1.30. The lowest BCUT2D eigenvalue weighted by atomic mass is 9.93. The number of ether oxygens (including phenoxy) is 3. The van der Waals surface area contributed by atoms with E-state index < -0.39 is 12.0 Å². The first-order chi connectivity index (χ1) is 22.7. The Kier molecular flexibility index (Phi) is 7.81. The standard InChI is InChI=1S/C37H34N4O5S/c1-6-44-36(43)32-33(24-10-8-7-9-11-24)38-37-41(34(32)25-12-17-29-30(19-25)46-21-45-29)35(42)31(47-37)20-26-18-22(2)40(23(26)3)28-15-13-27(14-16-28)39(4)5/h7-20,34H,6,21H2,1-5H3/b31-20+/t34-/m1/s1. The fraction of sp³-hybridized carbons (Fsp3) is 0.216. The predicted octanol–water partition coefficient (Wildman–Crippen LogP) is 5.14. The zero-order valence-electron chi connectivity index (χ0n) is 26.8. The van der Waals surface area contributed by atoms with Gasteiger partial charge in [-0.3, -0.25) is 9.36 Å². The molecule has 5 aromatic rings. The molecule has 0 aliphatic carbocycles. The van der Waals surface area contributed by atoms with Crippen LogP contribution in [0.15, 0.2) is 94.2 Å². The first kappa shape index (κ1) is 30.3. The lowest BCUT2D eigenvalue weighted by Crippen LogP contribution is -2.40. The largest absolute Gasteiger partial charge is 0.463 e. The van der Waals surface area contributed by atoms with E-state index in [-0.39, 0.29) is 24.5 Å². The van der Waals surface area contributed by atoms with Crippen LogP contribution >= 0.6 is 11.3 Å². The molecule has 2 aliphatic heterocycles. The maximum atomic E-state index is 14.4. The first-order valence-electron chi connectivity index (χ1n) is 15.4. The molecule has 10 heteroatoms. The molecule has 0 saturated heterocycles. The number of aryl methyl sites for hydroxylation is 1. The van der Waals surface area contributed by atoms with Crippen molar-refractivity contribution in [1.82, 2.24) is 9.13 Å². The summed E-state index contributed by atoms with van der Waals surface area (Å²) in [5.74, 6) is 0.630. The van der Waals surface area contributed by atoms with Crippen LogP contribution in [-0.4, -0.2) is 42.6 Å². The molecule has 0 saturated carbocycles. The fourth-order valence-corrected chi connectivity index (χ4v) is 7.20. The minimum atomic E-state index is -0.806. The van der Waals surface area contributed by atoms with Crippen LogP contribution in [0.5, 0.6) is 11.5 Å². The van der Waals surface area contributed by atoms with Gasteiger partial charge in [-0.05, 0) is 80.4 Å². The molecule has 0 fully saturated rings. The summed E-state index contributed by atoms with van der Waals surface area (Å²) < 4.78 is 21.1. The molecule has 3 aromatic carbocycles. The van der Waals surface area contributed by atoms with E-state index in [1.54, 1.807) is 17.6 Å². The topological polar surface area (TPSA) is 87.3 Å². The van der Waals surface area contributed by atoms with Gasteiger partial charge in [0.05, 0.1) is 28.5 Å². The second-order valence-electron chi connectivity index (χ2n) is 11.6. The van der Waals surface area contributed by atoms with Gasteiger partial charge in [-0.15, -0.1) is 0 Å². The maximum absolute atomic E-state index is 14.4. The number of rotatable bonds is 7. The number of fused-ring (bicyclic) bond motifs is 2. The zero-order valence-corrected chi connectivity index (χ0v) is 27.6. The Hall–Kier alpha value is -5.35. The molecule has 7 rings (SSSR count). The Morgan fingerprint density at radius 3 is 2.49 bits per heavy atom. The lowest BCUT2D eigenvalue weighted by Gasteiger charge is -2.26. The van der Waals surface area contributed by atoms with Crippen molar-refractivity contribution in [1.29, 1.82) is 0 Å². The third-order valence-electron chi connectivity index (χ3n) is 8.47. The second kappa shape index (κ2) is 12.1. The van der Waals surface area contributed by atoms with Crippen molar-refractivity contribution in [2.75, 3.05) is 32.4 Å². The van der Waals surface area contributed by atoms with Gasteiger partial charge in [-0.2, -0.15) is 0 Å². The summed E-state index contributed by atoms with van der Waals surface area (Å²) in [7, 11) is 4.04. The monoisotopic (exact) mass is 646 g/mol. The Morgan fingerprint density at radius 2 is 1.77 bits per heavy atom. The third kappa shape index (κ3) is 5.34. The number of benzene rings is 3. The molecule has 238 valence electrons.